The maximum absolute atomic E-state index is 13.2. The highest BCUT2D eigenvalue weighted by molar-refractivity contribution is 7.93. The largest absolute Gasteiger partial charge is 0.465 e. The van der Waals surface area contributed by atoms with Crippen LogP contribution in [0.1, 0.15) is 20.8 Å². The van der Waals surface area contributed by atoms with Crippen molar-refractivity contribution in [1.82, 2.24) is 0 Å². The van der Waals surface area contributed by atoms with Crippen LogP contribution < -0.4 is 4.72 Å². The molecule has 28 heavy (non-hydrogen) atoms. The third-order valence-electron chi connectivity index (χ3n) is 4.17. The van der Waals surface area contributed by atoms with E-state index in [-0.39, 0.29) is 9.77 Å². The molecule has 0 aliphatic heterocycles. The van der Waals surface area contributed by atoms with Crippen LogP contribution in [0.5, 0.6) is 0 Å². The SMILES string of the molecule is COC(=O)c1scc(-c2ccc(C)cc2)c1S(=O)(=O)Nc1ccc(C)c(Cl)c1. The van der Waals surface area contributed by atoms with Crippen LogP contribution >= 0.6 is 22.9 Å². The fourth-order valence-corrected chi connectivity index (χ4v) is 5.59. The summed E-state index contributed by atoms with van der Waals surface area (Å²) in [6, 6.07) is 12.3. The van der Waals surface area contributed by atoms with Crippen LogP contribution in [0, 0.1) is 13.8 Å². The van der Waals surface area contributed by atoms with Crippen molar-refractivity contribution in [3.05, 3.63) is 68.9 Å². The molecular formula is C20H18ClNO4S2. The molecule has 0 atom stereocenters. The topological polar surface area (TPSA) is 72.5 Å². The monoisotopic (exact) mass is 435 g/mol. The van der Waals surface area contributed by atoms with Crippen LogP contribution in [0.25, 0.3) is 11.1 Å². The summed E-state index contributed by atoms with van der Waals surface area (Å²) in [5.74, 6) is -0.703. The van der Waals surface area contributed by atoms with Crippen molar-refractivity contribution in [2.45, 2.75) is 18.7 Å². The first-order valence-corrected chi connectivity index (χ1v) is 11.0. The van der Waals surface area contributed by atoms with Crippen molar-refractivity contribution in [1.29, 1.82) is 0 Å². The molecule has 0 bridgehead atoms. The summed E-state index contributed by atoms with van der Waals surface area (Å²) in [5, 5.41) is 2.09. The van der Waals surface area contributed by atoms with Gasteiger partial charge in [-0.1, -0.05) is 47.5 Å². The minimum atomic E-state index is -4.07. The Labute approximate surface area is 173 Å². The molecule has 0 aliphatic carbocycles. The molecule has 3 aromatic rings. The number of benzene rings is 2. The first kappa shape index (κ1) is 20.4. The summed E-state index contributed by atoms with van der Waals surface area (Å²) in [5.41, 5.74) is 3.32. The Morgan fingerprint density at radius 1 is 1.11 bits per heavy atom. The van der Waals surface area contributed by atoms with E-state index in [1.54, 1.807) is 17.5 Å². The second-order valence-electron chi connectivity index (χ2n) is 6.23. The van der Waals surface area contributed by atoms with E-state index < -0.39 is 16.0 Å². The molecule has 1 N–H and O–H groups in total. The fraction of sp³-hybridized carbons (Fsp3) is 0.150. The zero-order chi connectivity index (χ0) is 20.5. The Hall–Kier alpha value is -2.35. The second kappa shape index (κ2) is 7.95. The number of sulfonamides is 1. The Morgan fingerprint density at radius 3 is 2.39 bits per heavy atom. The molecule has 0 fully saturated rings. The smallest absolute Gasteiger partial charge is 0.349 e. The predicted molar refractivity (Wildman–Crippen MR) is 113 cm³/mol. The van der Waals surface area contributed by atoms with Gasteiger partial charge in [-0.3, -0.25) is 4.72 Å². The second-order valence-corrected chi connectivity index (χ2v) is 9.14. The highest BCUT2D eigenvalue weighted by atomic mass is 35.5. The van der Waals surface area contributed by atoms with E-state index in [0.29, 0.717) is 21.8 Å². The summed E-state index contributed by atoms with van der Waals surface area (Å²) < 4.78 is 33.7. The Balaban J connectivity index is 2.14. The number of carbonyl (C=O) groups excluding carboxylic acids is 1. The van der Waals surface area contributed by atoms with Gasteiger partial charge in [0.25, 0.3) is 10.0 Å². The van der Waals surface area contributed by atoms with Gasteiger partial charge in [0.05, 0.1) is 12.8 Å². The third kappa shape index (κ3) is 4.06. The lowest BCUT2D eigenvalue weighted by atomic mass is 10.1. The number of halogens is 1. The Morgan fingerprint density at radius 2 is 1.79 bits per heavy atom. The summed E-state index contributed by atoms with van der Waals surface area (Å²) in [6.07, 6.45) is 0. The zero-order valence-corrected chi connectivity index (χ0v) is 17.8. The number of aryl methyl sites for hydroxylation is 2. The number of ether oxygens (including phenoxy) is 1. The molecule has 0 aliphatic rings. The molecule has 1 heterocycles. The van der Waals surface area contributed by atoms with Crippen molar-refractivity contribution in [2.75, 3.05) is 11.8 Å². The van der Waals surface area contributed by atoms with E-state index in [1.165, 1.54) is 13.2 Å². The van der Waals surface area contributed by atoms with Crippen LogP contribution in [0.15, 0.2) is 52.7 Å². The lowest BCUT2D eigenvalue weighted by molar-refractivity contribution is 0.0602. The van der Waals surface area contributed by atoms with E-state index in [0.717, 1.165) is 22.5 Å². The molecule has 146 valence electrons. The highest BCUT2D eigenvalue weighted by Gasteiger charge is 2.30. The number of methoxy groups -OCH3 is 1. The molecule has 3 rings (SSSR count). The van der Waals surface area contributed by atoms with Crippen LogP contribution in [0.4, 0.5) is 5.69 Å². The van der Waals surface area contributed by atoms with Gasteiger partial charge in [-0.25, -0.2) is 13.2 Å². The molecular weight excluding hydrogens is 418 g/mol. The number of esters is 1. The minimum absolute atomic E-state index is 0.0174. The number of rotatable bonds is 5. The fourth-order valence-electron chi connectivity index (χ4n) is 2.64. The minimum Gasteiger partial charge on any atom is -0.465 e. The molecule has 0 spiro atoms. The van der Waals surface area contributed by atoms with Crippen LogP contribution in [-0.2, 0) is 14.8 Å². The summed E-state index contributed by atoms with van der Waals surface area (Å²) in [4.78, 5) is 12.1. The first-order chi connectivity index (χ1) is 13.2. The van der Waals surface area contributed by atoms with Crippen molar-refractivity contribution >= 4 is 44.6 Å². The Kier molecular flexibility index (Phi) is 5.79. The van der Waals surface area contributed by atoms with E-state index >= 15 is 0 Å². The van der Waals surface area contributed by atoms with Crippen molar-refractivity contribution in [3.63, 3.8) is 0 Å². The van der Waals surface area contributed by atoms with E-state index in [2.05, 4.69) is 4.72 Å². The number of thiophene rings is 1. The van der Waals surface area contributed by atoms with E-state index in [9.17, 15) is 13.2 Å². The van der Waals surface area contributed by atoms with Crippen molar-refractivity contribution in [3.8, 4) is 11.1 Å². The molecule has 5 nitrogen and oxygen atoms in total. The lowest BCUT2D eigenvalue weighted by Gasteiger charge is -2.12. The van der Waals surface area contributed by atoms with Gasteiger partial charge in [0, 0.05) is 16.0 Å². The van der Waals surface area contributed by atoms with Gasteiger partial charge in [-0.2, -0.15) is 0 Å². The number of nitrogens with one attached hydrogen (secondary N) is 1. The van der Waals surface area contributed by atoms with Gasteiger partial charge in [0.2, 0.25) is 0 Å². The molecule has 0 amide bonds. The van der Waals surface area contributed by atoms with Crippen LogP contribution in [0.3, 0.4) is 0 Å². The standard InChI is InChI=1S/C20H18ClNO4S2/c1-12-4-7-14(8-5-12)16-11-27-18(20(23)26-3)19(16)28(24,25)22-15-9-6-13(2)17(21)10-15/h4-11,22H,1-3H3. The van der Waals surface area contributed by atoms with Gasteiger partial charge in [0.15, 0.2) is 0 Å². The first-order valence-electron chi connectivity index (χ1n) is 8.28. The van der Waals surface area contributed by atoms with E-state index in [1.807, 2.05) is 38.1 Å². The average Bonchev–Trinajstić information content (AvgIpc) is 3.10. The number of carbonyl (C=O) groups is 1. The molecule has 8 heteroatoms. The predicted octanol–water partition coefficient (Wildman–Crippen LogP) is 5.27. The average molecular weight is 436 g/mol. The quantitative estimate of drug-likeness (QED) is 0.554. The molecule has 0 unspecified atom stereocenters. The summed E-state index contributed by atoms with van der Waals surface area (Å²) >= 11 is 7.14. The normalized spacial score (nSPS) is 11.3. The summed E-state index contributed by atoms with van der Waals surface area (Å²) in [7, 11) is -2.85. The Bertz CT molecular complexity index is 1140. The van der Waals surface area contributed by atoms with Gasteiger partial charge < -0.3 is 4.74 Å². The molecule has 2 aromatic carbocycles. The summed E-state index contributed by atoms with van der Waals surface area (Å²) in [6.45, 7) is 3.77. The molecule has 0 saturated heterocycles. The van der Waals surface area contributed by atoms with Gasteiger partial charge in [-0.05, 0) is 37.1 Å². The number of anilines is 1. The van der Waals surface area contributed by atoms with E-state index in [4.69, 9.17) is 16.3 Å². The van der Waals surface area contributed by atoms with Gasteiger partial charge in [0.1, 0.15) is 9.77 Å². The maximum Gasteiger partial charge on any atom is 0.349 e. The lowest BCUT2D eigenvalue weighted by Crippen LogP contribution is -2.16. The van der Waals surface area contributed by atoms with Crippen LogP contribution in [-0.4, -0.2) is 21.5 Å². The number of hydrogen-bond acceptors (Lipinski definition) is 5. The van der Waals surface area contributed by atoms with Crippen molar-refractivity contribution < 1.29 is 17.9 Å². The van der Waals surface area contributed by atoms with Gasteiger partial charge >= 0.3 is 5.97 Å². The van der Waals surface area contributed by atoms with Crippen LogP contribution in [0.2, 0.25) is 5.02 Å². The number of hydrogen-bond donors (Lipinski definition) is 1. The van der Waals surface area contributed by atoms with Gasteiger partial charge in [-0.15, -0.1) is 11.3 Å². The van der Waals surface area contributed by atoms with Crippen molar-refractivity contribution in [2.24, 2.45) is 0 Å². The highest BCUT2D eigenvalue weighted by Crippen LogP contribution is 2.37. The third-order valence-corrected chi connectivity index (χ3v) is 7.13. The molecule has 1 aromatic heterocycles. The molecule has 0 radical (unpaired) electrons. The zero-order valence-electron chi connectivity index (χ0n) is 15.4. The molecule has 0 saturated carbocycles. The maximum atomic E-state index is 13.2.